The van der Waals surface area contributed by atoms with Crippen LogP contribution in [0.4, 0.5) is 5.69 Å². The van der Waals surface area contributed by atoms with Crippen LogP contribution in [0.25, 0.3) is 5.69 Å². The molecule has 0 amide bonds. The van der Waals surface area contributed by atoms with E-state index in [2.05, 4.69) is 15.6 Å². The summed E-state index contributed by atoms with van der Waals surface area (Å²) in [7, 11) is 4.62. The van der Waals surface area contributed by atoms with Crippen molar-refractivity contribution in [1.29, 1.82) is 0 Å². The molecule has 1 heterocycles. The molecule has 0 saturated carbocycles. The summed E-state index contributed by atoms with van der Waals surface area (Å²) in [6.07, 6.45) is 2.94. The van der Waals surface area contributed by atoms with Gasteiger partial charge < -0.3 is 14.2 Å². The van der Waals surface area contributed by atoms with Gasteiger partial charge in [0.1, 0.15) is 16.5 Å². The minimum absolute atomic E-state index is 0.0275. The molecule has 8 nitrogen and oxygen atoms in total. The largest absolute Gasteiger partial charge is 0.496 e. The van der Waals surface area contributed by atoms with E-state index in [4.69, 9.17) is 25.8 Å². The van der Waals surface area contributed by atoms with Crippen molar-refractivity contribution >= 4 is 23.5 Å². The molecule has 1 N–H and O–H groups in total. The third-order valence-electron chi connectivity index (χ3n) is 4.04. The standard InChI is InChI=1S/C20H19ClN4O4/c1-27-16-10-18(29-3)17(28-2)9-13(16)11-22-24-15-12-23-25(20(26)19(15)21)14-7-5-4-6-8-14/h4-12,24H,1-3H3/b22-11-. The van der Waals surface area contributed by atoms with E-state index in [1.807, 2.05) is 18.2 Å². The number of rotatable bonds is 7. The summed E-state index contributed by atoms with van der Waals surface area (Å²) in [5, 5.41) is 8.25. The molecule has 0 aliphatic heterocycles. The highest BCUT2D eigenvalue weighted by atomic mass is 35.5. The van der Waals surface area contributed by atoms with E-state index in [1.165, 1.54) is 31.3 Å². The Morgan fingerprint density at radius 3 is 2.34 bits per heavy atom. The molecule has 3 rings (SSSR count). The molecule has 0 unspecified atom stereocenters. The summed E-state index contributed by atoms with van der Waals surface area (Å²) < 4.78 is 17.1. The minimum Gasteiger partial charge on any atom is -0.496 e. The van der Waals surface area contributed by atoms with Gasteiger partial charge in [0.2, 0.25) is 0 Å². The molecule has 150 valence electrons. The highest BCUT2D eigenvalue weighted by Crippen LogP contribution is 2.33. The molecule has 0 atom stereocenters. The van der Waals surface area contributed by atoms with Gasteiger partial charge >= 0.3 is 0 Å². The van der Waals surface area contributed by atoms with Crippen LogP contribution in [0, 0.1) is 0 Å². The van der Waals surface area contributed by atoms with Crippen LogP contribution in [0.1, 0.15) is 5.56 Å². The zero-order valence-electron chi connectivity index (χ0n) is 16.0. The summed E-state index contributed by atoms with van der Waals surface area (Å²) in [6, 6.07) is 12.4. The van der Waals surface area contributed by atoms with Gasteiger partial charge in [-0.15, -0.1) is 0 Å². The Labute approximate surface area is 172 Å². The lowest BCUT2D eigenvalue weighted by atomic mass is 10.2. The molecule has 3 aromatic rings. The van der Waals surface area contributed by atoms with Crippen molar-refractivity contribution in [3.63, 3.8) is 0 Å². The average molecular weight is 415 g/mol. The van der Waals surface area contributed by atoms with Gasteiger partial charge in [-0.25, -0.2) is 0 Å². The van der Waals surface area contributed by atoms with Crippen LogP contribution in [0.5, 0.6) is 17.2 Å². The molecule has 2 aromatic carbocycles. The summed E-state index contributed by atoms with van der Waals surface area (Å²) in [5.41, 5.74) is 3.81. The van der Waals surface area contributed by atoms with Crippen molar-refractivity contribution in [3.05, 3.63) is 69.6 Å². The molecule has 0 aliphatic rings. The lowest BCUT2D eigenvalue weighted by Gasteiger charge is -2.12. The number of methoxy groups -OCH3 is 3. The van der Waals surface area contributed by atoms with E-state index >= 15 is 0 Å². The summed E-state index contributed by atoms with van der Waals surface area (Å²) >= 11 is 6.20. The fraction of sp³-hybridized carbons (Fsp3) is 0.150. The molecule has 1 aromatic heterocycles. The summed E-state index contributed by atoms with van der Waals surface area (Å²) in [5.74, 6) is 1.60. The van der Waals surface area contributed by atoms with Crippen LogP contribution in [-0.4, -0.2) is 37.3 Å². The average Bonchev–Trinajstić information content (AvgIpc) is 2.76. The number of nitrogens with one attached hydrogen (secondary N) is 1. The third-order valence-corrected chi connectivity index (χ3v) is 4.41. The number of anilines is 1. The molecule has 9 heteroatoms. The van der Waals surface area contributed by atoms with E-state index in [-0.39, 0.29) is 10.7 Å². The molecule has 0 saturated heterocycles. The van der Waals surface area contributed by atoms with Gasteiger partial charge in [0.25, 0.3) is 5.56 Å². The highest BCUT2D eigenvalue weighted by Gasteiger charge is 2.12. The summed E-state index contributed by atoms with van der Waals surface area (Å²) in [6.45, 7) is 0. The predicted molar refractivity (Wildman–Crippen MR) is 112 cm³/mol. The first-order valence-electron chi connectivity index (χ1n) is 8.51. The van der Waals surface area contributed by atoms with Crippen molar-refractivity contribution in [1.82, 2.24) is 9.78 Å². The number of hydrogen-bond donors (Lipinski definition) is 1. The summed E-state index contributed by atoms with van der Waals surface area (Å²) in [4.78, 5) is 12.5. The van der Waals surface area contributed by atoms with Crippen molar-refractivity contribution in [2.24, 2.45) is 5.10 Å². The second-order valence-electron chi connectivity index (χ2n) is 5.74. The smallest absolute Gasteiger partial charge is 0.292 e. The first-order valence-corrected chi connectivity index (χ1v) is 8.89. The first-order chi connectivity index (χ1) is 14.1. The predicted octanol–water partition coefficient (Wildman–Crippen LogP) is 3.36. The Morgan fingerprint density at radius 1 is 1.03 bits per heavy atom. The van der Waals surface area contributed by atoms with Crippen LogP contribution < -0.4 is 25.2 Å². The fourth-order valence-corrected chi connectivity index (χ4v) is 2.76. The maximum Gasteiger partial charge on any atom is 0.292 e. The first kappa shape index (κ1) is 20.2. The van der Waals surface area contributed by atoms with E-state index < -0.39 is 5.56 Å². The van der Waals surface area contributed by atoms with Crippen molar-refractivity contribution in [2.75, 3.05) is 26.8 Å². The van der Waals surface area contributed by atoms with Gasteiger partial charge in [0.05, 0.1) is 39.4 Å². The number of para-hydroxylation sites is 1. The molecule has 0 radical (unpaired) electrons. The van der Waals surface area contributed by atoms with E-state index in [0.717, 1.165) is 0 Å². The molecular formula is C20H19ClN4O4. The number of aromatic nitrogens is 2. The van der Waals surface area contributed by atoms with Gasteiger partial charge in [0, 0.05) is 11.6 Å². The zero-order chi connectivity index (χ0) is 20.8. The Morgan fingerprint density at radius 2 is 1.69 bits per heavy atom. The van der Waals surface area contributed by atoms with Crippen LogP contribution in [0.3, 0.4) is 0 Å². The molecule has 0 fully saturated rings. The number of ether oxygens (including phenoxy) is 3. The van der Waals surface area contributed by atoms with Gasteiger partial charge in [-0.2, -0.15) is 14.9 Å². The second kappa shape index (κ2) is 9.11. The minimum atomic E-state index is -0.457. The van der Waals surface area contributed by atoms with Gasteiger partial charge in [-0.3, -0.25) is 10.2 Å². The fourth-order valence-electron chi connectivity index (χ4n) is 2.59. The van der Waals surface area contributed by atoms with Crippen LogP contribution in [0.15, 0.2) is 58.6 Å². The van der Waals surface area contributed by atoms with Gasteiger partial charge in [-0.05, 0) is 18.2 Å². The Kier molecular flexibility index (Phi) is 6.36. The van der Waals surface area contributed by atoms with Crippen molar-refractivity contribution in [3.8, 4) is 22.9 Å². The number of halogens is 1. The van der Waals surface area contributed by atoms with Gasteiger partial charge in [-0.1, -0.05) is 29.8 Å². The topological polar surface area (TPSA) is 87.0 Å². The number of hydrazone groups is 1. The molecule has 0 aliphatic carbocycles. The van der Waals surface area contributed by atoms with Crippen molar-refractivity contribution in [2.45, 2.75) is 0 Å². The zero-order valence-corrected chi connectivity index (χ0v) is 16.8. The lowest BCUT2D eigenvalue weighted by molar-refractivity contribution is 0.349. The SMILES string of the molecule is COc1cc(OC)c(OC)cc1/C=N\Nc1cnn(-c2ccccc2)c(=O)c1Cl. The monoisotopic (exact) mass is 414 g/mol. The number of hydrogen-bond acceptors (Lipinski definition) is 7. The lowest BCUT2D eigenvalue weighted by Crippen LogP contribution is -2.22. The number of nitrogens with zero attached hydrogens (tertiary/aromatic N) is 3. The molecule has 0 spiro atoms. The third kappa shape index (κ3) is 4.33. The quantitative estimate of drug-likeness (QED) is 0.471. The van der Waals surface area contributed by atoms with Crippen LogP contribution in [0.2, 0.25) is 5.02 Å². The highest BCUT2D eigenvalue weighted by molar-refractivity contribution is 6.32. The normalized spacial score (nSPS) is 10.8. The van der Waals surface area contributed by atoms with E-state index in [1.54, 1.807) is 31.4 Å². The Balaban J connectivity index is 1.86. The molecule has 29 heavy (non-hydrogen) atoms. The number of benzene rings is 2. The van der Waals surface area contributed by atoms with Gasteiger partial charge in [0.15, 0.2) is 11.5 Å². The van der Waals surface area contributed by atoms with Crippen molar-refractivity contribution < 1.29 is 14.2 Å². The maximum atomic E-state index is 12.5. The van der Waals surface area contributed by atoms with E-state index in [9.17, 15) is 4.79 Å². The molecular weight excluding hydrogens is 396 g/mol. The van der Waals surface area contributed by atoms with Crippen LogP contribution >= 0.6 is 11.6 Å². The second-order valence-corrected chi connectivity index (χ2v) is 6.12. The van der Waals surface area contributed by atoms with E-state index in [0.29, 0.717) is 28.5 Å². The maximum absolute atomic E-state index is 12.5. The molecule has 0 bridgehead atoms. The Hall–Kier alpha value is -3.52. The van der Waals surface area contributed by atoms with Crippen LogP contribution in [-0.2, 0) is 0 Å². The Bertz CT molecular complexity index is 1080.